The largest absolute Gasteiger partial charge is 0.497 e. The van der Waals surface area contributed by atoms with E-state index in [1.165, 1.54) is 5.69 Å². The maximum Gasteiger partial charge on any atom is 0.132 e. The van der Waals surface area contributed by atoms with Crippen molar-refractivity contribution in [2.75, 3.05) is 13.7 Å². The van der Waals surface area contributed by atoms with Gasteiger partial charge in [0.2, 0.25) is 0 Å². The number of H-pyrrole nitrogens is 1. The SMILES string of the molecule is COc1ccc(-n2cccn2)c(CN2CCc3[nH]cnc3C2c2nccn2C)c1. The first-order valence-electron chi connectivity index (χ1n) is 9.65. The van der Waals surface area contributed by atoms with Crippen LogP contribution in [0, 0.1) is 0 Å². The Hall–Kier alpha value is -3.39. The molecule has 4 aromatic rings. The Balaban J connectivity index is 1.57. The summed E-state index contributed by atoms with van der Waals surface area (Å²) in [5.74, 6) is 1.82. The van der Waals surface area contributed by atoms with Crippen LogP contribution in [0.3, 0.4) is 0 Å². The monoisotopic (exact) mass is 389 g/mol. The van der Waals surface area contributed by atoms with Gasteiger partial charge >= 0.3 is 0 Å². The third-order valence-electron chi connectivity index (χ3n) is 5.54. The number of aryl methyl sites for hydroxylation is 1. The number of aromatic amines is 1. The molecule has 3 aromatic heterocycles. The second-order valence-corrected chi connectivity index (χ2v) is 7.23. The summed E-state index contributed by atoms with van der Waals surface area (Å²) in [5.41, 5.74) is 4.43. The fraction of sp³-hybridized carbons (Fsp3) is 0.286. The molecular weight excluding hydrogens is 366 g/mol. The first-order chi connectivity index (χ1) is 14.2. The third kappa shape index (κ3) is 3.11. The molecule has 1 N–H and O–H groups in total. The van der Waals surface area contributed by atoms with Crippen molar-refractivity contribution in [3.63, 3.8) is 0 Å². The summed E-state index contributed by atoms with van der Waals surface area (Å²) < 4.78 is 9.46. The van der Waals surface area contributed by atoms with Crippen LogP contribution < -0.4 is 4.74 Å². The number of nitrogens with one attached hydrogen (secondary N) is 1. The molecule has 0 saturated carbocycles. The molecule has 0 bridgehead atoms. The van der Waals surface area contributed by atoms with Gasteiger partial charge in [-0.05, 0) is 29.8 Å². The fourth-order valence-corrected chi connectivity index (χ4v) is 4.09. The normalized spacial score (nSPS) is 16.7. The third-order valence-corrected chi connectivity index (χ3v) is 5.54. The van der Waals surface area contributed by atoms with Crippen LogP contribution in [0.4, 0.5) is 0 Å². The molecule has 1 aromatic carbocycles. The Morgan fingerprint density at radius 3 is 2.90 bits per heavy atom. The van der Waals surface area contributed by atoms with Gasteiger partial charge < -0.3 is 14.3 Å². The van der Waals surface area contributed by atoms with Gasteiger partial charge in [-0.15, -0.1) is 0 Å². The molecule has 0 aliphatic carbocycles. The van der Waals surface area contributed by atoms with Crippen molar-refractivity contribution >= 4 is 0 Å². The zero-order chi connectivity index (χ0) is 19.8. The van der Waals surface area contributed by atoms with Crippen LogP contribution >= 0.6 is 0 Å². The molecule has 1 unspecified atom stereocenters. The lowest BCUT2D eigenvalue weighted by atomic mass is 10.0. The van der Waals surface area contributed by atoms with Crippen LogP contribution in [0.15, 0.2) is 55.4 Å². The Morgan fingerprint density at radius 2 is 2.14 bits per heavy atom. The van der Waals surface area contributed by atoms with Crippen molar-refractivity contribution in [1.82, 2.24) is 34.2 Å². The van der Waals surface area contributed by atoms with Crippen molar-refractivity contribution in [2.45, 2.75) is 19.0 Å². The van der Waals surface area contributed by atoms with Crippen LogP contribution in [-0.2, 0) is 20.0 Å². The number of rotatable bonds is 5. The Morgan fingerprint density at radius 1 is 1.21 bits per heavy atom. The summed E-state index contributed by atoms with van der Waals surface area (Å²) >= 11 is 0. The standard InChI is InChI=1S/C21H23N7O/c1-26-11-8-22-21(26)20-19-17(23-14-24-19)6-10-27(20)13-15-12-16(29-2)4-5-18(15)28-9-3-7-25-28/h3-5,7-9,11-12,14,20H,6,10,13H2,1-2H3,(H,23,24). The van der Waals surface area contributed by atoms with Crippen LogP contribution in [0.1, 0.15) is 28.8 Å². The number of hydrogen-bond donors (Lipinski definition) is 1. The first kappa shape index (κ1) is 17.7. The topological polar surface area (TPSA) is 76.8 Å². The van der Waals surface area contributed by atoms with E-state index in [4.69, 9.17) is 4.74 Å². The molecule has 0 radical (unpaired) electrons. The summed E-state index contributed by atoms with van der Waals surface area (Å²) in [6.45, 7) is 1.64. The molecule has 5 rings (SSSR count). The number of aromatic nitrogens is 6. The Bertz CT molecular complexity index is 1110. The summed E-state index contributed by atoms with van der Waals surface area (Å²) in [4.78, 5) is 15.0. The van der Waals surface area contributed by atoms with Crippen LogP contribution in [0.5, 0.6) is 5.75 Å². The number of hydrogen-bond acceptors (Lipinski definition) is 5. The van der Waals surface area contributed by atoms with Gasteiger partial charge in [-0.3, -0.25) is 4.90 Å². The first-order valence-corrected chi connectivity index (χ1v) is 9.65. The van der Waals surface area contributed by atoms with E-state index < -0.39 is 0 Å². The molecule has 0 fully saturated rings. The highest BCUT2D eigenvalue weighted by atomic mass is 16.5. The maximum absolute atomic E-state index is 5.50. The lowest BCUT2D eigenvalue weighted by Crippen LogP contribution is -2.37. The molecule has 29 heavy (non-hydrogen) atoms. The van der Waals surface area contributed by atoms with E-state index in [1.54, 1.807) is 19.6 Å². The van der Waals surface area contributed by atoms with Crippen molar-refractivity contribution in [3.05, 3.63) is 78.2 Å². The highest BCUT2D eigenvalue weighted by Gasteiger charge is 2.34. The zero-order valence-corrected chi connectivity index (χ0v) is 16.5. The van der Waals surface area contributed by atoms with Gasteiger partial charge in [-0.2, -0.15) is 5.10 Å². The van der Waals surface area contributed by atoms with Crippen molar-refractivity contribution in [3.8, 4) is 11.4 Å². The minimum absolute atomic E-state index is 0.0123. The van der Waals surface area contributed by atoms with Crippen molar-refractivity contribution in [1.29, 1.82) is 0 Å². The lowest BCUT2D eigenvalue weighted by Gasteiger charge is -2.34. The van der Waals surface area contributed by atoms with E-state index in [2.05, 4.69) is 41.7 Å². The van der Waals surface area contributed by atoms with E-state index >= 15 is 0 Å². The van der Waals surface area contributed by atoms with Gasteiger partial charge in [0.05, 0.1) is 24.8 Å². The number of ether oxygens (including phenoxy) is 1. The van der Waals surface area contributed by atoms with Crippen molar-refractivity contribution in [2.24, 2.45) is 7.05 Å². The smallest absolute Gasteiger partial charge is 0.132 e. The molecular formula is C21H23N7O. The van der Waals surface area contributed by atoms with Crippen molar-refractivity contribution < 1.29 is 4.74 Å². The minimum atomic E-state index is -0.0123. The molecule has 0 saturated heterocycles. The molecule has 1 atom stereocenters. The van der Waals surface area contributed by atoms with E-state index in [1.807, 2.05) is 42.5 Å². The van der Waals surface area contributed by atoms with E-state index in [0.717, 1.165) is 48.0 Å². The van der Waals surface area contributed by atoms with Crippen LogP contribution in [-0.4, -0.2) is 47.9 Å². The van der Waals surface area contributed by atoms with Gasteiger partial charge in [-0.25, -0.2) is 14.6 Å². The summed E-state index contributed by atoms with van der Waals surface area (Å²) in [6.07, 6.45) is 10.3. The number of nitrogens with zero attached hydrogens (tertiary/aromatic N) is 6. The average Bonchev–Trinajstić information content (AvgIpc) is 3.50. The quantitative estimate of drug-likeness (QED) is 0.567. The van der Waals surface area contributed by atoms with Gasteiger partial charge in [0.15, 0.2) is 0 Å². The van der Waals surface area contributed by atoms with E-state index in [-0.39, 0.29) is 6.04 Å². The van der Waals surface area contributed by atoms with Gasteiger partial charge in [-0.1, -0.05) is 0 Å². The molecule has 8 nitrogen and oxygen atoms in total. The molecule has 4 heterocycles. The molecule has 8 heteroatoms. The Kier molecular flexibility index (Phi) is 4.40. The molecule has 0 spiro atoms. The summed E-state index contributed by atoms with van der Waals surface area (Å²) in [6, 6.07) is 8.04. The van der Waals surface area contributed by atoms with Gasteiger partial charge in [0, 0.05) is 57.0 Å². The lowest BCUT2D eigenvalue weighted by molar-refractivity contribution is 0.190. The van der Waals surface area contributed by atoms with E-state index in [0.29, 0.717) is 0 Å². The van der Waals surface area contributed by atoms with Crippen LogP contribution in [0.25, 0.3) is 5.69 Å². The molecule has 148 valence electrons. The second-order valence-electron chi connectivity index (χ2n) is 7.23. The summed E-state index contributed by atoms with van der Waals surface area (Å²) in [5, 5.41) is 4.43. The molecule has 1 aliphatic rings. The van der Waals surface area contributed by atoms with Gasteiger partial charge in [0.25, 0.3) is 0 Å². The number of fused-ring (bicyclic) bond motifs is 1. The second kappa shape index (κ2) is 7.21. The highest BCUT2D eigenvalue weighted by Crippen LogP contribution is 2.34. The van der Waals surface area contributed by atoms with Crippen LogP contribution in [0.2, 0.25) is 0 Å². The fourth-order valence-electron chi connectivity index (χ4n) is 4.09. The predicted molar refractivity (Wildman–Crippen MR) is 108 cm³/mol. The predicted octanol–water partition coefficient (Wildman–Crippen LogP) is 2.49. The number of methoxy groups -OCH3 is 1. The Labute approximate surface area is 168 Å². The highest BCUT2D eigenvalue weighted by molar-refractivity contribution is 5.45. The zero-order valence-electron chi connectivity index (χ0n) is 16.5. The van der Waals surface area contributed by atoms with Gasteiger partial charge in [0.1, 0.15) is 17.6 Å². The maximum atomic E-state index is 5.50. The molecule has 0 amide bonds. The average molecular weight is 389 g/mol. The molecule has 1 aliphatic heterocycles. The summed E-state index contributed by atoms with van der Waals surface area (Å²) in [7, 11) is 3.72. The minimum Gasteiger partial charge on any atom is -0.497 e. The van der Waals surface area contributed by atoms with E-state index in [9.17, 15) is 0 Å². The number of benzene rings is 1. The number of imidazole rings is 2.